The molecular weight excluding hydrogens is 197 g/mol. The highest BCUT2D eigenvalue weighted by molar-refractivity contribution is 6.03. The van der Waals surface area contributed by atoms with E-state index in [4.69, 9.17) is 0 Å². The molecule has 0 saturated heterocycles. The molecule has 2 N–H and O–H groups in total. The van der Waals surface area contributed by atoms with E-state index in [1.54, 1.807) is 6.07 Å². The van der Waals surface area contributed by atoms with Gasteiger partial charge in [-0.3, -0.25) is 9.89 Å². The number of hydrogen-bond donors (Lipinski definition) is 2. The summed E-state index contributed by atoms with van der Waals surface area (Å²) in [6.07, 6.45) is 1.52. The summed E-state index contributed by atoms with van der Waals surface area (Å²) < 4.78 is 12.8. The summed E-state index contributed by atoms with van der Waals surface area (Å²) in [6.45, 7) is 0. The van der Waals surface area contributed by atoms with Crippen LogP contribution in [-0.2, 0) is 0 Å². The smallest absolute Gasteiger partial charge is 0.256 e. The number of halogens is 1. The molecule has 0 bridgehead atoms. The molecule has 0 radical (unpaired) electrons. The SMILES string of the molecule is O=C(Nc1ccn[nH]1)c1cccc(F)c1. The maximum absolute atomic E-state index is 12.8. The molecule has 1 heterocycles. The predicted molar refractivity (Wildman–Crippen MR) is 52.9 cm³/mol. The highest BCUT2D eigenvalue weighted by Gasteiger charge is 2.06. The number of nitrogens with one attached hydrogen (secondary N) is 2. The minimum absolute atomic E-state index is 0.268. The van der Waals surface area contributed by atoms with Crippen molar-refractivity contribution in [1.29, 1.82) is 0 Å². The zero-order valence-electron chi connectivity index (χ0n) is 7.70. The molecule has 0 unspecified atom stereocenters. The average molecular weight is 205 g/mol. The fourth-order valence-electron chi connectivity index (χ4n) is 1.15. The Balaban J connectivity index is 2.15. The fourth-order valence-corrected chi connectivity index (χ4v) is 1.15. The number of aromatic amines is 1. The van der Waals surface area contributed by atoms with Crippen molar-refractivity contribution in [2.75, 3.05) is 5.32 Å². The molecule has 5 heteroatoms. The largest absolute Gasteiger partial charge is 0.307 e. The van der Waals surface area contributed by atoms with Gasteiger partial charge in [0.15, 0.2) is 0 Å². The number of aromatic nitrogens is 2. The molecule has 4 nitrogen and oxygen atoms in total. The lowest BCUT2D eigenvalue weighted by atomic mass is 10.2. The van der Waals surface area contributed by atoms with Crippen molar-refractivity contribution in [3.05, 3.63) is 47.9 Å². The van der Waals surface area contributed by atoms with E-state index in [9.17, 15) is 9.18 Å². The summed E-state index contributed by atoms with van der Waals surface area (Å²) >= 11 is 0. The van der Waals surface area contributed by atoms with Gasteiger partial charge in [0.05, 0.1) is 6.20 Å². The van der Waals surface area contributed by atoms with Gasteiger partial charge in [0.1, 0.15) is 11.6 Å². The first-order chi connectivity index (χ1) is 7.25. The van der Waals surface area contributed by atoms with Crippen LogP contribution in [0, 0.1) is 5.82 Å². The number of carbonyl (C=O) groups excluding carboxylic acids is 1. The maximum Gasteiger partial charge on any atom is 0.256 e. The van der Waals surface area contributed by atoms with Crippen molar-refractivity contribution >= 4 is 11.7 Å². The molecule has 0 aliphatic rings. The van der Waals surface area contributed by atoms with Crippen molar-refractivity contribution in [1.82, 2.24) is 10.2 Å². The minimum Gasteiger partial charge on any atom is -0.307 e. The molecule has 1 amide bonds. The van der Waals surface area contributed by atoms with Gasteiger partial charge in [0, 0.05) is 11.6 Å². The molecule has 0 fully saturated rings. The van der Waals surface area contributed by atoms with Crippen LogP contribution < -0.4 is 5.32 Å². The van der Waals surface area contributed by atoms with Gasteiger partial charge in [0.25, 0.3) is 5.91 Å². The Labute approximate surface area is 85.1 Å². The zero-order valence-corrected chi connectivity index (χ0v) is 7.70. The van der Waals surface area contributed by atoms with Crippen LogP contribution in [0.5, 0.6) is 0 Å². The Morgan fingerprint density at radius 3 is 2.93 bits per heavy atom. The van der Waals surface area contributed by atoms with E-state index in [0.717, 1.165) is 0 Å². The molecule has 0 atom stereocenters. The molecule has 76 valence electrons. The molecule has 2 aromatic rings. The molecule has 2 rings (SSSR count). The van der Waals surface area contributed by atoms with Crippen LogP contribution in [0.25, 0.3) is 0 Å². The van der Waals surface area contributed by atoms with E-state index in [1.807, 2.05) is 0 Å². The van der Waals surface area contributed by atoms with Gasteiger partial charge in [-0.1, -0.05) is 6.07 Å². The lowest BCUT2D eigenvalue weighted by Gasteiger charge is -2.01. The molecule has 0 aliphatic carbocycles. The summed E-state index contributed by atoms with van der Waals surface area (Å²) in [4.78, 5) is 11.5. The van der Waals surface area contributed by atoms with E-state index in [0.29, 0.717) is 5.82 Å². The van der Waals surface area contributed by atoms with Crippen LogP contribution in [0.3, 0.4) is 0 Å². The van der Waals surface area contributed by atoms with Gasteiger partial charge in [-0.2, -0.15) is 5.10 Å². The van der Waals surface area contributed by atoms with Crippen LogP contribution in [0.15, 0.2) is 36.5 Å². The number of anilines is 1. The monoisotopic (exact) mass is 205 g/mol. The maximum atomic E-state index is 12.8. The summed E-state index contributed by atoms with van der Waals surface area (Å²) in [7, 11) is 0. The third-order valence-electron chi connectivity index (χ3n) is 1.84. The number of H-pyrrole nitrogens is 1. The van der Waals surface area contributed by atoms with Crippen LogP contribution in [0.1, 0.15) is 10.4 Å². The van der Waals surface area contributed by atoms with E-state index >= 15 is 0 Å². The Kier molecular flexibility index (Phi) is 2.45. The van der Waals surface area contributed by atoms with Crippen molar-refractivity contribution in [2.24, 2.45) is 0 Å². The molecule has 1 aromatic carbocycles. The minimum atomic E-state index is -0.438. The number of amides is 1. The standard InChI is InChI=1S/C10H8FN3O/c11-8-3-1-2-7(6-8)10(15)13-9-4-5-12-14-9/h1-6H,(H2,12,13,14,15). The molecular formula is C10H8FN3O. The third-order valence-corrected chi connectivity index (χ3v) is 1.84. The number of nitrogens with zero attached hydrogens (tertiary/aromatic N) is 1. The third kappa shape index (κ3) is 2.19. The van der Waals surface area contributed by atoms with Gasteiger partial charge in [-0.25, -0.2) is 4.39 Å². The van der Waals surface area contributed by atoms with Crippen molar-refractivity contribution in [2.45, 2.75) is 0 Å². The van der Waals surface area contributed by atoms with Gasteiger partial charge in [-0.05, 0) is 18.2 Å². The van der Waals surface area contributed by atoms with Gasteiger partial charge < -0.3 is 5.32 Å². The molecule has 1 aromatic heterocycles. The van der Waals surface area contributed by atoms with E-state index in [-0.39, 0.29) is 11.5 Å². The second-order valence-electron chi connectivity index (χ2n) is 2.93. The lowest BCUT2D eigenvalue weighted by Crippen LogP contribution is -2.12. The fraction of sp³-hybridized carbons (Fsp3) is 0. The van der Waals surface area contributed by atoms with Crippen LogP contribution >= 0.6 is 0 Å². The first-order valence-corrected chi connectivity index (χ1v) is 4.32. The Hall–Kier alpha value is -2.17. The van der Waals surface area contributed by atoms with Crippen LogP contribution in [-0.4, -0.2) is 16.1 Å². The summed E-state index contributed by atoms with van der Waals surface area (Å²) in [5, 5.41) is 8.79. The van der Waals surface area contributed by atoms with Crippen LogP contribution in [0.2, 0.25) is 0 Å². The molecule has 0 aliphatic heterocycles. The number of benzene rings is 1. The van der Waals surface area contributed by atoms with E-state index in [1.165, 1.54) is 30.5 Å². The van der Waals surface area contributed by atoms with E-state index < -0.39 is 5.82 Å². The number of rotatable bonds is 2. The van der Waals surface area contributed by atoms with Crippen molar-refractivity contribution in [3.8, 4) is 0 Å². The predicted octanol–water partition coefficient (Wildman–Crippen LogP) is 1.80. The highest BCUT2D eigenvalue weighted by atomic mass is 19.1. The lowest BCUT2D eigenvalue weighted by molar-refractivity contribution is 0.102. The molecule has 0 saturated carbocycles. The Morgan fingerprint density at radius 2 is 2.27 bits per heavy atom. The van der Waals surface area contributed by atoms with Gasteiger partial charge >= 0.3 is 0 Å². The number of carbonyl (C=O) groups is 1. The zero-order chi connectivity index (χ0) is 10.7. The Morgan fingerprint density at radius 1 is 1.40 bits per heavy atom. The number of hydrogen-bond acceptors (Lipinski definition) is 2. The second-order valence-corrected chi connectivity index (χ2v) is 2.93. The Bertz CT molecular complexity index is 467. The van der Waals surface area contributed by atoms with Gasteiger partial charge in [-0.15, -0.1) is 0 Å². The summed E-state index contributed by atoms with van der Waals surface area (Å²) in [5.74, 6) is -0.338. The second kappa shape index (κ2) is 3.91. The highest BCUT2D eigenvalue weighted by Crippen LogP contribution is 2.06. The van der Waals surface area contributed by atoms with E-state index in [2.05, 4.69) is 15.5 Å². The first kappa shape index (κ1) is 9.39. The van der Waals surface area contributed by atoms with Crippen LogP contribution in [0.4, 0.5) is 10.2 Å². The van der Waals surface area contributed by atoms with Crippen molar-refractivity contribution in [3.63, 3.8) is 0 Å². The molecule has 15 heavy (non-hydrogen) atoms. The van der Waals surface area contributed by atoms with Gasteiger partial charge in [0.2, 0.25) is 0 Å². The van der Waals surface area contributed by atoms with Crippen molar-refractivity contribution < 1.29 is 9.18 Å². The normalized spacial score (nSPS) is 9.93. The summed E-state index contributed by atoms with van der Waals surface area (Å²) in [6, 6.07) is 7.09. The summed E-state index contributed by atoms with van der Waals surface area (Å²) in [5.41, 5.74) is 0.268. The topological polar surface area (TPSA) is 57.8 Å². The quantitative estimate of drug-likeness (QED) is 0.785. The first-order valence-electron chi connectivity index (χ1n) is 4.32. The average Bonchev–Trinajstić information content (AvgIpc) is 2.70. The molecule has 0 spiro atoms.